The molecule has 104 valence electrons. The van der Waals surface area contributed by atoms with Gasteiger partial charge in [0.25, 0.3) is 0 Å². The number of nitrogens with zero attached hydrogens (tertiary/aromatic N) is 1. The fourth-order valence-corrected chi connectivity index (χ4v) is 1.85. The summed E-state index contributed by atoms with van der Waals surface area (Å²) in [6.07, 6.45) is 0. The van der Waals surface area contributed by atoms with Crippen LogP contribution >= 0.6 is 11.6 Å². The smallest absolute Gasteiger partial charge is 0.328 e. The van der Waals surface area contributed by atoms with E-state index in [1.165, 1.54) is 19.2 Å². The summed E-state index contributed by atoms with van der Waals surface area (Å²) in [5, 5.41) is 13.8. The Labute approximate surface area is 115 Å². The van der Waals surface area contributed by atoms with Gasteiger partial charge in [-0.05, 0) is 18.1 Å². The Morgan fingerprint density at radius 2 is 2.11 bits per heavy atom. The molecule has 0 bridgehead atoms. The van der Waals surface area contributed by atoms with Gasteiger partial charge in [0.15, 0.2) is 0 Å². The van der Waals surface area contributed by atoms with Gasteiger partial charge < -0.3 is 10.1 Å². The standard InChI is InChI=1S/C12H15ClN2O4/c1-7(2)10(12(16)19-3)14-9-6-4-5-8(13)11(9)15(17)18/h4-7,10,14H,1-3H3. The summed E-state index contributed by atoms with van der Waals surface area (Å²) in [4.78, 5) is 22.1. The minimum atomic E-state index is -0.679. The van der Waals surface area contributed by atoms with Crippen LogP contribution in [-0.2, 0) is 9.53 Å². The first-order valence-corrected chi connectivity index (χ1v) is 6.03. The van der Waals surface area contributed by atoms with Gasteiger partial charge in [-0.1, -0.05) is 31.5 Å². The van der Waals surface area contributed by atoms with Crippen molar-refractivity contribution in [2.75, 3.05) is 12.4 Å². The lowest BCUT2D eigenvalue weighted by molar-refractivity contribution is -0.383. The molecule has 7 heteroatoms. The Morgan fingerprint density at radius 3 is 2.58 bits per heavy atom. The van der Waals surface area contributed by atoms with Gasteiger partial charge in [-0.15, -0.1) is 0 Å². The molecule has 0 amide bonds. The average molecular weight is 287 g/mol. The van der Waals surface area contributed by atoms with Crippen LogP contribution in [0.1, 0.15) is 13.8 Å². The van der Waals surface area contributed by atoms with E-state index in [4.69, 9.17) is 11.6 Å². The van der Waals surface area contributed by atoms with E-state index in [-0.39, 0.29) is 22.3 Å². The van der Waals surface area contributed by atoms with Crippen molar-refractivity contribution >= 4 is 28.9 Å². The fraction of sp³-hybridized carbons (Fsp3) is 0.417. The molecule has 1 aromatic carbocycles. The van der Waals surface area contributed by atoms with E-state index in [2.05, 4.69) is 10.1 Å². The zero-order chi connectivity index (χ0) is 14.6. The molecule has 0 saturated heterocycles. The first-order valence-electron chi connectivity index (χ1n) is 5.65. The number of hydrogen-bond donors (Lipinski definition) is 1. The molecule has 0 radical (unpaired) electrons. The Morgan fingerprint density at radius 1 is 1.47 bits per heavy atom. The molecule has 0 aliphatic carbocycles. The first kappa shape index (κ1) is 15.2. The van der Waals surface area contributed by atoms with Crippen LogP contribution in [0.2, 0.25) is 5.02 Å². The largest absolute Gasteiger partial charge is 0.467 e. The molecule has 0 spiro atoms. The summed E-state index contributed by atoms with van der Waals surface area (Å²) in [6, 6.07) is 3.82. The summed E-state index contributed by atoms with van der Waals surface area (Å²) in [5.74, 6) is -0.574. The normalized spacial score (nSPS) is 12.1. The quantitative estimate of drug-likeness (QED) is 0.511. The number of rotatable bonds is 5. The van der Waals surface area contributed by atoms with Crippen molar-refractivity contribution in [1.29, 1.82) is 0 Å². The molecule has 19 heavy (non-hydrogen) atoms. The number of hydrogen-bond acceptors (Lipinski definition) is 5. The van der Waals surface area contributed by atoms with Gasteiger partial charge in [-0.2, -0.15) is 0 Å². The summed E-state index contributed by atoms with van der Waals surface area (Å²) in [7, 11) is 1.27. The average Bonchev–Trinajstić information content (AvgIpc) is 2.34. The number of benzene rings is 1. The second kappa shape index (κ2) is 6.38. The van der Waals surface area contributed by atoms with Crippen LogP contribution < -0.4 is 5.32 Å². The topological polar surface area (TPSA) is 81.5 Å². The summed E-state index contributed by atoms with van der Waals surface area (Å²) >= 11 is 5.80. The molecule has 0 fully saturated rings. The Bertz CT molecular complexity index is 491. The predicted molar refractivity (Wildman–Crippen MR) is 72.4 cm³/mol. The molecule has 1 aromatic rings. The van der Waals surface area contributed by atoms with Crippen LogP contribution in [0, 0.1) is 16.0 Å². The highest BCUT2D eigenvalue weighted by atomic mass is 35.5. The molecule has 1 N–H and O–H groups in total. The number of esters is 1. The lowest BCUT2D eigenvalue weighted by Gasteiger charge is -2.20. The monoisotopic (exact) mass is 286 g/mol. The number of halogens is 1. The molecule has 1 atom stereocenters. The minimum Gasteiger partial charge on any atom is -0.467 e. The maximum Gasteiger partial charge on any atom is 0.328 e. The molecule has 0 aromatic heterocycles. The number of carbonyl (C=O) groups is 1. The van der Waals surface area contributed by atoms with Gasteiger partial charge in [0.1, 0.15) is 16.8 Å². The minimum absolute atomic E-state index is 0.0161. The molecule has 1 rings (SSSR count). The Hall–Kier alpha value is -1.82. The van der Waals surface area contributed by atoms with Gasteiger partial charge in [-0.3, -0.25) is 10.1 Å². The first-order chi connectivity index (χ1) is 8.88. The maximum atomic E-state index is 11.6. The van der Waals surface area contributed by atoms with Crippen molar-refractivity contribution in [1.82, 2.24) is 0 Å². The highest BCUT2D eigenvalue weighted by molar-refractivity contribution is 6.33. The number of carbonyl (C=O) groups excluding carboxylic acids is 1. The zero-order valence-electron chi connectivity index (χ0n) is 10.8. The molecule has 1 unspecified atom stereocenters. The Balaban J connectivity index is 3.13. The molecule has 6 nitrogen and oxygen atoms in total. The Kier molecular flexibility index (Phi) is 5.11. The van der Waals surface area contributed by atoms with Gasteiger partial charge >= 0.3 is 11.7 Å². The van der Waals surface area contributed by atoms with Crippen LogP contribution in [0.15, 0.2) is 18.2 Å². The van der Waals surface area contributed by atoms with Crippen LogP contribution in [0.3, 0.4) is 0 Å². The maximum absolute atomic E-state index is 11.6. The van der Waals surface area contributed by atoms with E-state index in [9.17, 15) is 14.9 Å². The molecule has 0 aliphatic heterocycles. The summed E-state index contributed by atoms with van der Waals surface area (Å²) in [6.45, 7) is 3.62. The van der Waals surface area contributed by atoms with Gasteiger partial charge in [0.2, 0.25) is 0 Å². The third-order valence-corrected chi connectivity index (χ3v) is 2.91. The van der Waals surface area contributed by atoms with Gasteiger partial charge in [0.05, 0.1) is 12.0 Å². The van der Waals surface area contributed by atoms with E-state index in [0.29, 0.717) is 0 Å². The van der Waals surface area contributed by atoms with E-state index in [0.717, 1.165) is 0 Å². The molecule has 0 heterocycles. The molecular formula is C12H15ClN2O4. The third-order valence-electron chi connectivity index (χ3n) is 2.60. The number of ether oxygens (including phenoxy) is 1. The number of nitro benzene ring substituents is 1. The highest BCUT2D eigenvalue weighted by Gasteiger charge is 2.27. The van der Waals surface area contributed by atoms with E-state index < -0.39 is 16.9 Å². The van der Waals surface area contributed by atoms with E-state index >= 15 is 0 Å². The van der Waals surface area contributed by atoms with E-state index in [1.807, 2.05) is 13.8 Å². The van der Waals surface area contributed by atoms with Crippen LogP contribution in [0.5, 0.6) is 0 Å². The van der Waals surface area contributed by atoms with Gasteiger partial charge in [-0.25, -0.2) is 4.79 Å². The number of nitro groups is 1. The van der Waals surface area contributed by atoms with Gasteiger partial charge in [0, 0.05) is 0 Å². The third kappa shape index (κ3) is 3.57. The second-order valence-electron chi connectivity index (χ2n) is 4.28. The van der Waals surface area contributed by atoms with Crippen molar-refractivity contribution < 1.29 is 14.5 Å². The van der Waals surface area contributed by atoms with Crippen LogP contribution in [-0.4, -0.2) is 24.0 Å². The second-order valence-corrected chi connectivity index (χ2v) is 4.69. The van der Waals surface area contributed by atoms with Crippen molar-refractivity contribution in [3.8, 4) is 0 Å². The zero-order valence-corrected chi connectivity index (χ0v) is 11.6. The highest BCUT2D eigenvalue weighted by Crippen LogP contribution is 2.33. The number of methoxy groups -OCH3 is 1. The molecular weight excluding hydrogens is 272 g/mol. The van der Waals surface area contributed by atoms with Crippen molar-refractivity contribution in [2.45, 2.75) is 19.9 Å². The SMILES string of the molecule is COC(=O)C(Nc1cccc(Cl)c1[N+](=O)[O-])C(C)C. The lowest BCUT2D eigenvalue weighted by Crippen LogP contribution is -2.35. The van der Waals surface area contributed by atoms with Crippen LogP contribution in [0.25, 0.3) is 0 Å². The number of para-hydroxylation sites is 1. The fourth-order valence-electron chi connectivity index (χ4n) is 1.61. The summed E-state index contributed by atoms with van der Waals surface area (Å²) in [5.41, 5.74) is -0.0553. The van der Waals surface area contributed by atoms with Crippen LogP contribution in [0.4, 0.5) is 11.4 Å². The predicted octanol–water partition coefficient (Wildman–Crippen LogP) is 2.86. The molecule has 0 saturated carbocycles. The molecule has 0 aliphatic rings. The van der Waals surface area contributed by atoms with Crippen molar-refractivity contribution in [2.24, 2.45) is 5.92 Å². The number of nitrogens with one attached hydrogen (secondary N) is 1. The number of anilines is 1. The summed E-state index contributed by atoms with van der Waals surface area (Å²) < 4.78 is 4.67. The van der Waals surface area contributed by atoms with Crippen molar-refractivity contribution in [3.63, 3.8) is 0 Å². The van der Waals surface area contributed by atoms with Crippen molar-refractivity contribution in [3.05, 3.63) is 33.3 Å². The van der Waals surface area contributed by atoms with E-state index in [1.54, 1.807) is 6.07 Å². The lowest BCUT2D eigenvalue weighted by atomic mass is 10.0.